The summed E-state index contributed by atoms with van der Waals surface area (Å²) in [5, 5.41) is 4.41. The number of hydrogen-bond donors (Lipinski definition) is 0. The summed E-state index contributed by atoms with van der Waals surface area (Å²) >= 11 is 0. The molecule has 0 amide bonds. The van der Waals surface area contributed by atoms with Gasteiger partial charge in [0.25, 0.3) is 0 Å². The first-order valence-corrected chi connectivity index (χ1v) is 9.34. The third-order valence-corrected chi connectivity index (χ3v) is 4.85. The maximum Gasteiger partial charge on any atom is 0.226 e. The fourth-order valence-electron chi connectivity index (χ4n) is 3.45. The summed E-state index contributed by atoms with van der Waals surface area (Å²) in [6.45, 7) is 8.22. The highest BCUT2D eigenvalue weighted by Gasteiger charge is 2.24. The summed E-state index contributed by atoms with van der Waals surface area (Å²) in [6, 6.07) is 6.68. The van der Waals surface area contributed by atoms with Crippen LogP contribution in [0.1, 0.15) is 17.2 Å². The van der Waals surface area contributed by atoms with Gasteiger partial charge in [0.1, 0.15) is 17.5 Å². The molecule has 4 rings (SSSR count). The number of halogens is 1. The van der Waals surface area contributed by atoms with E-state index in [4.69, 9.17) is 4.74 Å². The molecule has 0 radical (unpaired) electrons. The van der Waals surface area contributed by atoms with E-state index in [1.54, 1.807) is 18.3 Å². The van der Waals surface area contributed by atoms with Gasteiger partial charge in [-0.3, -0.25) is 0 Å². The third kappa shape index (κ3) is 3.73. The molecular weight excluding hydrogens is 359 g/mol. The minimum Gasteiger partial charge on any atom is -0.373 e. The van der Waals surface area contributed by atoms with Gasteiger partial charge < -0.3 is 9.64 Å². The van der Waals surface area contributed by atoms with Crippen LogP contribution in [-0.2, 0) is 11.3 Å². The van der Waals surface area contributed by atoms with Gasteiger partial charge in [-0.1, -0.05) is 12.1 Å². The Balaban J connectivity index is 1.56. The Hall–Kier alpha value is -2.87. The van der Waals surface area contributed by atoms with E-state index in [1.165, 1.54) is 6.07 Å². The molecule has 1 fully saturated rings. The Morgan fingerprint density at radius 2 is 2.00 bits per heavy atom. The number of ether oxygens (including phenoxy) is 1. The fraction of sp³-hybridized carbons (Fsp3) is 0.400. The topological polar surface area (TPSA) is 69.0 Å². The van der Waals surface area contributed by atoms with Gasteiger partial charge in [0.05, 0.1) is 24.9 Å². The van der Waals surface area contributed by atoms with Gasteiger partial charge in [0.2, 0.25) is 5.95 Å². The Morgan fingerprint density at radius 1 is 1.18 bits per heavy atom. The van der Waals surface area contributed by atoms with E-state index in [9.17, 15) is 4.39 Å². The summed E-state index contributed by atoms with van der Waals surface area (Å²) in [6.07, 6.45) is 1.70. The molecule has 1 aromatic carbocycles. The van der Waals surface area contributed by atoms with E-state index < -0.39 is 0 Å². The summed E-state index contributed by atoms with van der Waals surface area (Å²) in [4.78, 5) is 15.6. The molecule has 0 saturated carbocycles. The highest BCUT2D eigenvalue weighted by molar-refractivity contribution is 5.64. The van der Waals surface area contributed by atoms with E-state index in [1.807, 2.05) is 31.5 Å². The molecule has 8 heteroatoms. The molecule has 28 heavy (non-hydrogen) atoms. The van der Waals surface area contributed by atoms with Crippen LogP contribution in [0.15, 0.2) is 30.5 Å². The summed E-state index contributed by atoms with van der Waals surface area (Å²) in [5.74, 6) is 1.92. The monoisotopic (exact) mass is 382 g/mol. The van der Waals surface area contributed by atoms with Crippen molar-refractivity contribution in [2.24, 2.45) is 0 Å². The zero-order valence-electron chi connectivity index (χ0n) is 16.3. The van der Waals surface area contributed by atoms with Crippen LogP contribution in [0.2, 0.25) is 0 Å². The Bertz CT molecular complexity index is 989. The van der Waals surface area contributed by atoms with Crippen LogP contribution in [-0.4, -0.2) is 50.5 Å². The lowest BCUT2D eigenvalue weighted by Crippen LogP contribution is -2.45. The van der Waals surface area contributed by atoms with Gasteiger partial charge in [-0.2, -0.15) is 5.10 Å². The Labute approximate surface area is 163 Å². The first kappa shape index (κ1) is 18.5. The number of hydrogen-bond acceptors (Lipinski definition) is 6. The van der Waals surface area contributed by atoms with Gasteiger partial charge in [0.15, 0.2) is 0 Å². The van der Waals surface area contributed by atoms with E-state index in [-0.39, 0.29) is 11.9 Å². The molecule has 0 spiro atoms. The lowest BCUT2D eigenvalue weighted by molar-refractivity contribution is 0.0264. The van der Waals surface area contributed by atoms with Crippen molar-refractivity contribution in [2.45, 2.75) is 33.4 Å². The van der Waals surface area contributed by atoms with Crippen molar-refractivity contribution in [2.75, 3.05) is 24.6 Å². The second-order valence-electron chi connectivity index (χ2n) is 7.01. The van der Waals surface area contributed by atoms with Crippen LogP contribution in [0.3, 0.4) is 0 Å². The Kier molecular flexibility index (Phi) is 5.04. The number of benzene rings is 1. The molecule has 3 heterocycles. The quantitative estimate of drug-likeness (QED) is 0.691. The standard InChI is InChI=1S/C20H23FN6O/c1-13-10-22-20(24-19(13)17-6-4-5-7-18(17)21)26-8-9-28-16(11-26)12-27-15(3)23-14(2)25-27/h4-7,10,16H,8-9,11-12H2,1-3H3/t16-/m1/s1. The van der Waals surface area contributed by atoms with Gasteiger partial charge in [-0.15, -0.1) is 0 Å². The van der Waals surface area contributed by atoms with Gasteiger partial charge in [-0.05, 0) is 38.5 Å². The summed E-state index contributed by atoms with van der Waals surface area (Å²) < 4.78 is 22.0. The SMILES string of the molecule is Cc1nc(C)n(C[C@H]2CN(c3ncc(C)c(-c4ccccc4F)n3)CCO2)n1. The molecule has 0 aliphatic carbocycles. The van der Waals surface area contributed by atoms with E-state index in [0.29, 0.717) is 43.4 Å². The average molecular weight is 382 g/mol. The van der Waals surface area contributed by atoms with Crippen molar-refractivity contribution < 1.29 is 9.13 Å². The average Bonchev–Trinajstić information content (AvgIpc) is 3.00. The highest BCUT2D eigenvalue weighted by atomic mass is 19.1. The molecular formula is C20H23FN6O. The maximum absolute atomic E-state index is 14.3. The molecule has 0 unspecified atom stereocenters. The van der Waals surface area contributed by atoms with Crippen molar-refractivity contribution >= 4 is 5.95 Å². The molecule has 1 saturated heterocycles. The molecule has 0 bridgehead atoms. The number of anilines is 1. The van der Waals surface area contributed by atoms with Crippen LogP contribution < -0.4 is 4.90 Å². The predicted octanol–water partition coefficient (Wildman–Crippen LogP) is 2.70. The van der Waals surface area contributed by atoms with E-state index in [0.717, 1.165) is 17.2 Å². The zero-order valence-corrected chi connectivity index (χ0v) is 16.3. The van der Waals surface area contributed by atoms with E-state index >= 15 is 0 Å². The van der Waals surface area contributed by atoms with Crippen LogP contribution in [0.25, 0.3) is 11.3 Å². The van der Waals surface area contributed by atoms with Crippen molar-refractivity contribution in [1.29, 1.82) is 0 Å². The molecule has 2 aromatic heterocycles. The molecule has 1 aliphatic rings. The molecule has 0 N–H and O–H groups in total. The van der Waals surface area contributed by atoms with Gasteiger partial charge in [-0.25, -0.2) is 24.0 Å². The highest BCUT2D eigenvalue weighted by Crippen LogP contribution is 2.26. The van der Waals surface area contributed by atoms with Crippen LogP contribution in [0, 0.1) is 26.6 Å². The minimum absolute atomic E-state index is 0.0460. The minimum atomic E-state index is -0.285. The second kappa shape index (κ2) is 7.63. The summed E-state index contributed by atoms with van der Waals surface area (Å²) in [7, 11) is 0. The van der Waals surface area contributed by atoms with Crippen molar-refractivity contribution in [1.82, 2.24) is 24.7 Å². The number of morpholine rings is 1. The number of rotatable bonds is 4. The first-order valence-electron chi connectivity index (χ1n) is 9.34. The van der Waals surface area contributed by atoms with Gasteiger partial charge >= 0.3 is 0 Å². The lowest BCUT2D eigenvalue weighted by atomic mass is 10.1. The van der Waals surface area contributed by atoms with Crippen LogP contribution >= 0.6 is 0 Å². The molecule has 3 aromatic rings. The van der Waals surface area contributed by atoms with Crippen LogP contribution in [0.5, 0.6) is 0 Å². The largest absolute Gasteiger partial charge is 0.373 e. The second-order valence-corrected chi connectivity index (χ2v) is 7.01. The number of aryl methyl sites for hydroxylation is 3. The van der Waals surface area contributed by atoms with Crippen LogP contribution in [0.4, 0.5) is 10.3 Å². The normalized spacial score (nSPS) is 17.1. The first-order chi connectivity index (χ1) is 13.5. The zero-order chi connectivity index (χ0) is 19.7. The molecule has 7 nitrogen and oxygen atoms in total. The molecule has 1 atom stereocenters. The third-order valence-electron chi connectivity index (χ3n) is 4.85. The summed E-state index contributed by atoms with van der Waals surface area (Å²) in [5.41, 5.74) is 1.95. The van der Waals surface area contributed by atoms with Crippen molar-refractivity contribution in [3.63, 3.8) is 0 Å². The van der Waals surface area contributed by atoms with Crippen molar-refractivity contribution in [3.8, 4) is 11.3 Å². The van der Waals surface area contributed by atoms with E-state index in [2.05, 4.69) is 25.0 Å². The molecule has 146 valence electrons. The predicted molar refractivity (Wildman–Crippen MR) is 104 cm³/mol. The fourth-order valence-corrected chi connectivity index (χ4v) is 3.45. The Morgan fingerprint density at radius 3 is 2.75 bits per heavy atom. The number of nitrogens with zero attached hydrogens (tertiary/aromatic N) is 6. The maximum atomic E-state index is 14.3. The number of aromatic nitrogens is 5. The molecule has 1 aliphatic heterocycles. The van der Waals surface area contributed by atoms with Crippen molar-refractivity contribution in [3.05, 3.63) is 53.5 Å². The van der Waals surface area contributed by atoms with Gasteiger partial charge in [0, 0.05) is 24.8 Å². The lowest BCUT2D eigenvalue weighted by Gasteiger charge is -2.33. The smallest absolute Gasteiger partial charge is 0.226 e.